The summed E-state index contributed by atoms with van der Waals surface area (Å²) in [7, 11) is 0. The average molecular weight is 270 g/mol. The minimum Gasteiger partial charge on any atom is -0.380 e. The Morgan fingerprint density at radius 1 is 1.16 bits per heavy atom. The number of thiophene rings is 1. The predicted molar refractivity (Wildman–Crippen MR) is 83.1 cm³/mol. The van der Waals surface area contributed by atoms with Gasteiger partial charge in [0.05, 0.1) is 0 Å². The molecule has 1 aromatic heterocycles. The molecule has 0 amide bonds. The quantitative estimate of drug-likeness (QED) is 0.760. The van der Waals surface area contributed by atoms with Crippen LogP contribution in [0.4, 0.5) is 0 Å². The molecule has 19 heavy (non-hydrogen) atoms. The van der Waals surface area contributed by atoms with E-state index in [0.717, 1.165) is 16.9 Å². The SMILES string of the molecule is C=CCCC(O)(/C=C/c1ccccc1)c1cccs1. The van der Waals surface area contributed by atoms with Crippen molar-refractivity contribution in [2.75, 3.05) is 0 Å². The van der Waals surface area contributed by atoms with Gasteiger partial charge in [0.25, 0.3) is 0 Å². The van der Waals surface area contributed by atoms with Gasteiger partial charge in [-0.3, -0.25) is 0 Å². The van der Waals surface area contributed by atoms with E-state index in [9.17, 15) is 5.11 Å². The summed E-state index contributed by atoms with van der Waals surface area (Å²) in [4.78, 5) is 0.974. The molecular weight excluding hydrogens is 252 g/mol. The van der Waals surface area contributed by atoms with Crippen LogP contribution in [0.2, 0.25) is 0 Å². The van der Waals surface area contributed by atoms with Crippen molar-refractivity contribution in [3.8, 4) is 0 Å². The highest BCUT2D eigenvalue weighted by Crippen LogP contribution is 2.32. The van der Waals surface area contributed by atoms with Crippen LogP contribution in [-0.2, 0) is 5.60 Å². The van der Waals surface area contributed by atoms with Crippen molar-refractivity contribution in [1.82, 2.24) is 0 Å². The van der Waals surface area contributed by atoms with Crippen molar-refractivity contribution in [3.05, 3.63) is 77.0 Å². The van der Waals surface area contributed by atoms with Gasteiger partial charge in [-0.1, -0.05) is 48.6 Å². The lowest BCUT2D eigenvalue weighted by molar-refractivity contribution is 0.0854. The zero-order valence-corrected chi connectivity index (χ0v) is 11.6. The normalized spacial score (nSPS) is 14.4. The number of rotatable bonds is 6. The van der Waals surface area contributed by atoms with Crippen molar-refractivity contribution in [1.29, 1.82) is 0 Å². The molecule has 0 saturated heterocycles. The number of hydrogen-bond acceptors (Lipinski definition) is 2. The largest absolute Gasteiger partial charge is 0.380 e. The van der Waals surface area contributed by atoms with E-state index >= 15 is 0 Å². The predicted octanol–water partition coefficient (Wildman–Crippen LogP) is 4.62. The van der Waals surface area contributed by atoms with Crippen molar-refractivity contribution >= 4 is 17.4 Å². The Morgan fingerprint density at radius 2 is 1.95 bits per heavy atom. The monoisotopic (exact) mass is 270 g/mol. The summed E-state index contributed by atoms with van der Waals surface area (Å²) >= 11 is 1.58. The third-order valence-electron chi connectivity index (χ3n) is 3.03. The second-order valence-electron chi connectivity index (χ2n) is 4.47. The van der Waals surface area contributed by atoms with Crippen LogP contribution < -0.4 is 0 Å². The van der Waals surface area contributed by atoms with E-state index < -0.39 is 5.60 Å². The fraction of sp³-hybridized carbons (Fsp3) is 0.176. The zero-order valence-electron chi connectivity index (χ0n) is 10.8. The molecule has 2 heteroatoms. The van der Waals surface area contributed by atoms with E-state index in [0.29, 0.717) is 6.42 Å². The summed E-state index contributed by atoms with van der Waals surface area (Å²) in [5.41, 5.74) is 0.189. The van der Waals surface area contributed by atoms with Gasteiger partial charge >= 0.3 is 0 Å². The van der Waals surface area contributed by atoms with Gasteiger partial charge in [0.1, 0.15) is 5.60 Å². The molecule has 0 saturated carbocycles. The number of aliphatic hydroxyl groups is 1. The number of benzene rings is 1. The van der Waals surface area contributed by atoms with Crippen molar-refractivity contribution < 1.29 is 5.11 Å². The van der Waals surface area contributed by atoms with Crippen LogP contribution >= 0.6 is 11.3 Å². The molecule has 1 heterocycles. The second kappa shape index (κ2) is 6.50. The van der Waals surface area contributed by atoms with Gasteiger partial charge in [-0.15, -0.1) is 17.9 Å². The molecule has 0 radical (unpaired) electrons. The van der Waals surface area contributed by atoms with E-state index in [1.54, 1.807) is 11.3 Å². The first-order valence-corrected chi connectivity index (χ1v) is 7.24. The molecule has 0 aliphatic carbocycles. The minimum absolute atomic E-state index is 0.653. The van der Waals surface area contributed by atoms with Crippen molar-refractivity contribution in [3.63, 3.8) is 0 Å². The molecule has 1 atom stereocenters. The van der Waals surface area contributed by atoms with Gasteiger partial charge in [0.15, 0.2) is 0 Å². The van der Waals surface area contributed by atoms with E-state index in [-0.39, 0.29) is 0 Å². The van der Waals surface area contributed by atoms with Crippen LogP contribution in [0.5, 0.6) is 0 Å². The fourth-order valence-corrected chi connectivity index (χ4v) is 2.77. The number of hydrogen-bond donors (Lipinski definition) is 1. The summed E-state index contributed by atoms with van der Waals surface area (Å²) in [6.45, 7) is 3.73. The van der Waals surface area contributed by atoms with E-state index in [2.05, 4.69) is 6.58 Å². The molecule has 1 aromatic carbocycles. The molecule has 0 spiro atoms. The van der Waals surface area contributed by atoms with E-state index in [1.807, 2.05) is 66.1 Å². The first-order valence-electron chi connectivity index (χ1n) is 6.36. The Kier molecular flexibility index (Phi) is 4.72. The van der Waals surface area contributed by atoms with Crippen LogP contribution in [0.25, 0.3) is 6.08 Å². The third-order valence-corrected chi connectivity index (χ3v) is 4.07. The standard InChI is InChI=1S/C17H18OS/c1-2-3-12-17(18,16-10-7-14-19-16)13-11-15-8-5-4-6-9-15/h2,4-11,13-14,18H,1,3,12H2/b13-11+. The molecule has 1 nitrogen and oxygen atoms in total. The molecule has 98 valence electrons. The molecule has 2 aromatic rings. The molecular formula is C17H18OS. The number of allylic oxidation sites excluding steroid dienone is 1. The highest BCUT2D eigenvalue weighted by atomic mass is 32.1. The lowest BCUT2D eigenvalue weighted by atomic mass is 9.94. The Balaban J connectivity index is 2.23. The van der Waals surface area contributed by atoms with Gasteiger partial charge in [0.2, 0.25) is 0 Å². The summed E-state index contributed by atoms with van der Waals surface area (Å²) in [6.07, 6.45) is 7.14. The molecule has 0 bridgehead atoms. The topological polar surface area (TPSA) is 20.2 Å². The van der Waals surface area contributed by atoms with Crippen LogP contribution in [0.3, 0.4) is 0 Å². The molecule has 0 fully saturated rings. The first-order chi connectivity index (χ1) is 9.24. The van der Waals surface area contributed by atoms with Gasteiger partial charge < -0.3 is 5.11 Å². The van der Waals surface area contributed by atoms with Crippen molar-refractivity contribution in [2.45, 2.75) is 18.4 Å². The first kappa shape index (κ1) is 13.8. The third kappa shape index (κ3) is 3.66. The minimum atomic E-state index is -0.905. The van der Waals surface area contributed by atoms with Gasteiger partial charge in [-0.05, 0) is 35.9 Å². The fourth-order valence-electron chi connectivity index (χ4n) is 1.93. The van der Waals surface area contributed by atoms with Gasteiger partial charge in [-0.2, -0.15) is 0 Å². The van der Waals surface area contributed by atoms with Crippen LogP contribution in [0, 0.1) is 0 Å². The lowest BCUT2D eigenvalue weighted by Crippen LogP contribution is -2.21. The Labute approximate surface area is 118 Å². The van der Waals surface area contributed by atoms with Crippen LogP contribution in [0.1, 0.15) is 23.3 Å². The van der Waals surface area contributed by atoms with Gasteiger partial charge in [-0.25, -0.2) is 0 Å². The Morgan fingerprint density at radius 3 is 2.58 bits per heavy atom. The molecule has 1 N–H and O–H groups in total. The van der Waals surface area contributed by atoms with E-state index in [1.165, 1.54) is 0 Å². The zero-order chi connectivity index (χ0) is 13.6. The summed E-state index contributed by atoms with van der Waals surface area (Å²) in [5.74, 6) is 0. The molecule has 0 aliphatic heterocycles. The average Bonchev–Trinajstić information content (AvgIpc) is 2.99. The molecule has 1 unspecified atom stereocenters. The highest BCUT2D eigenvalue weighted by Gasteiger charge is 2.26. The smallest absolute Gasteiger partial charge is 0.117 e. The van der Waals surface area contributed by atoms with Gasteiger partial charge in [0, 0.05) is 4.88 Å². The van der Waals surface area contributed by atoms with E-state index in [4.69, 9.17) is 0 Å². The van der Waals surface area contributed by atoms with Crippen LogP contribution in [-0.4, -0.2) is 5.11 Å². The Bertz CT molecular complexity index is 528. The summed E-state index contributed by atoms with van der Waals surface area (Å²) in [5, 5.41) is 12.8. The summed E-state index contributed by atoms with van der Waals surface area (Å²) < 4.78 is 0. The molecule has 0 aliphatic rings. The van der Waals surface area contributed by atoms with Crippen molar-refractivity contribution in [2.24, 2.45) is 0 Å². The maximum absolute atomic E-state index is 10.8. The van der Waals surface area contributed by atoms with Crippen LogP contribution in [0.15, 0.2) is 66.6 Å². The summed E-state index contributed by atoms with van der Waals surface area (Å²) in [6, 6.07) is 14.0. The highest BCUT2D eigenvalue weighted by molar-refractivity contribution is 7.10. The second-order valence-corrected chi connectivity index (χ2v) is 5.42. The Hall–Kier alpha value is -1.64. The molecule has 2 rings (SSSR count). The lowest BCUT2D eigenvalue weighted by Gasteiger charge is -2.22. The maximum Gasteiger partial charge on any atom is 0.117 e. The maximum atomic E-state index is 10.8.